The molecule has 0 N–H and O–H groups in total. The normalized spacial score (nSPS) is 8.60. The average Bonchev–Trinajstić information content (AvgIpc) is 1.83. The Kier molecular flexibility index (Phi) is 3.89. The summed E-state index contributed by atoms with van der Waals surface area (Å²) in [6.45, 7) is 0. The maximum atomic E-state index is 12.3. The maximum absolute atomic E-state index is 12.3. The van der Waals surface area contributed by atoms with Crippen LogP contribution in [-0.4, -0.2) is 16.3 Å². The molecule has 10 heavy (non-hydrogen) atoms. The molecule has 2 radical (unpaired) electrons. The van der Waals surface area contributed by atoms with Crippen LogP contribution in [0, 0.1) is 11.6 Å². The minimum Gasteiger partial charge on any atom is -0.205 e. The van der Waals surface area contributed by atoms with E-state index < -0.39 is 11.6 Å². The second kappa shape index (κ2) is 3.92. The lowest BCUT2D eigenvalue weighted by Gasteiger charge is -1.94. The van der Waals surface area contributed by atoms with Crippen LogP contribution in [0.3, 0.4) is 0 Å². The van der Waals surface area contributed by atoms with E-state index in [4.69, 9.17) is 0 Å². The second-order valence-electron chi connectivity index (χ2n) is 1.64. The van der Waals surface area contributed by atoms with Crippen molar-refractivity contribution < 1.29 is 8.78 Å². The lowest BCUT2D eigenvalue weighted by atomic mass is 10.3. The standard InChI is InChI=1S/C6H3F2.Al.ClH/c7-5-3-1-2-4-6(5)8;;/h1-3H;;1H. The van der Waals surface area contributed by atoms with Crippen molar-refractivity contribution in [3.8, 4) is 0 Å². The molecule has 0 spiro atoms. The van der Waals surface area contributed by atoms with Crippen LogP contribution in [0.2, 0.25) is 0 Å². The fraction of sp³-hybridized carbons (Fsp3) is 0. The molecule has 4 heteroatoms. The lowest BCUT2D eigenvalue weighted by molar-refractivity contribution is 0.514. The Morgan fingerprint density at radius 1 is 1.20 bits per heavy atom. The molecule has 0 unspecified atom stereocenters. The first-order valence-corrected chi connectivity index (χ1v) is 2.99. The molecule has 0 saturated carbocycles. The Morgan fingerprint density at radius 2 is 1.80 bits per heavy atom. The highest BCUT2D eigenvalue weighted by Gasteiger charge is 1.99. The molecule has 52 valence electrons. The van der Waals surface area contributed by atoms with E-state index in [9.17, 15) is 8.78 Å². The summed E-state index contributed by atoms with van der Waals surface area (Å²) in [4.78, 5) is 0. The van der Waals surface area contributed by atoms with Crippen LogP contribution >= 0.6 is 12.4 Å². The number of hydrogen-bond donors (Lipinski definition) is 0. The fourth-order valence-corrected chi connectivity index (χ4v) is 0.769. The highest BCUT2D eigenvalue weighted by molar-refractivity contribution is 6.32. The van der Waals surface area contributed by atoms with E-state index in [0.29, 0.717) is 0 Å². The van der Waals surface area contributed by atoms with Gasteiger partial charge in [0.2, 0.25) is 0 Å². The van der Waals surface area contributed by atoms with Gasteiger partial charge in [-0.15, -0.1) is 16.8 Å². The largest absolute Gasteiger partial charge is 0.205 e. The third-order valence-corrected chi connectivity index (χ3v) is 1.43. The summed E-state index contributed by atoms with van der Waals surface area (Å²) in [5, 5.41) is 0. The molecule has 0 atom stereocenters. The molecule has 0 bridgehead atoms. The van der Waals surface area contributed by atoms with Gasteiger partial charge in [0.05, 0.1) is 0 Å². The smallest absolute Gasteiger partial charge is 0.180 e. The average molecular weight is 177 g/mol. The molecular weight excluding hydrogens is 172 g/mol. The van der Waals surface area contributed by atoms with Crippen molar-refractivity contribution in [3.63, 3.8) is 0 Å². The zero-order valence-corrected chi connectivity index (χ0v) is 6.94. The molecule has 1 rings (SSSR count). The van der Waals surface area contributed by atoms with Crippen molar-refractivity contribution in [1.29, 1.82) is 0 Å². The van der Waals surface area contributed by atoms with Gasteiger partial charge in [-0.2, -0.15) is 0 Å². The third kappa shape index (κ3) is 1.95. The monoisotopic (exact) mass is 176 g/mol. The summed E-state index contributed by atoms with van der Waals surface area (Å²) < 4.78 is 24.8. The van der Waals surface area contributed by atoms with Crippen molar-refractivity contribution in [2.45, 2.75) is 0 Å². The third-order valence-electron chi connectivity index (χ3n) is 0.981. The van der Waals surface area contributed by atoms with E-state index in [1.165, 1.54) is 12.1 Å². The molecule has 0 amide bonds. The molecule has 0 nitrogen and oxygen atoms in total. The molecule has 0 aliphatic heterocycles. The molecule has 0 fully saturated rings. The zero-order valence-electron chi connectivity index (χ0n) is 4.97. The molecular formula is C6H4AlClF2. The van der Waals surface area contributed by atoms with Gasteiger partial charge in [-0.3, -0.25) is 0 Å². The van der Waals surface area contributed by atoms with Gasteiger partial charge in [0.15, 0.2) is 22.1 Å². The fourth-order valence-electron chi connectivity index (χ4n) is 0.520. The van der Waals surface area contributed by atoms with Crippen LogP contribution in [0.25, 0.3) is 0 Å². The zero-order chi connectivity index (χ0) is 6.85. The number of hydrogen-bond acceptors (Lipinski definition) is 0. The predicted octanol–water partition coefficient (Wildman–Crippen LogP) is 1.18. The Hall–Kier alpha value is -0.0975. The second-order valence-corrected chi connectivity index (χ2v) is 2.27. The molecule has 0 aliphatic rings. The molecule has 0 aliphatic carbocycles. The van der Waals surface area contributed by atoms with E-state index in [-0.39, 0.29) is 16.8 Å². The molecule has 0 saturated heterocycles. The molecule has 0 heterocycles. The summed E-state index contributed by atoms with van der Waals surface area (Å²) in [6.07, 6.45) is 0. The minimum atomic E-state index is -0.803. The number of rotatable bonds is 0. The first kappa shape index (κ1) is 9.90. The van der Waals surface area contributed by atoms with Crippen molar-refractivity contribution in [1.82, 2.24) is 0 Å². The summed E-state index contributed by atoms with van der Waals surface area (Å²) >= 11 is 2.11. The Balaban J connectivity index is 0.000000810. The summed E-state index contributed by atoms with van der Waals surface area (Å²) in [5.41, 5.74) is 0. The van der Waals surface area contributed by atoms with Gasteiger partial charge < -0.3 is 0 Å². The van der Waals surface area contributed by atoms with Crippen molar-refractivity contribution in [2.24, 2.45) is 0 Å². The summed E-state index contributed by atoms with van der Waals surface area (Å²) in [6, 6.07) is 4.03. The van der Waals surface area contributed by atoms with E-state index in [2.05, 4.69) is 16.3 Å². The first-order valence-electron chi connectivity index (χ1n) is 2.41. The van der Waals surface area contributed by atoms with E-state index in [1.807, 2.05) is 0 Å². The van der Waals surface area contributed by atoms with Gasteiger partial charge in [-0.1, -0.05) is 12.1 Å². The molecule has 0 aromatic heterocycles. The summed E-state index contributed by atoms with van der Waals surface area (Å²) in [7, 11) is 0. The van der Waals surface area contributed by atoms with E-state index in [0.717, 1.165) is 6.07 Å². The van der Waals surface area contributed by atoms with Gasteiger partial charge in [-0.25, -0.2) is 8.78 Å². The maximum Gasteiger partial charge on any atom is 0.180 e. The molecule has 1 aromatic rings. The first-order chi connectivity index (χ1) is 4.22. The Labute approximate surface area is 72.1 Å². The van der Waals surface area contributed by atoms with Crippen molar-refractivity contribution in [3.05, 3.63) is 29.8 Å². The Morgan fingerprint density at radius 3 is 2.20 bits per heavy atom. The number of benzene rings is 1. The summed E-state index contributed by atoms with van der Waals surface area (Å²) in [5.74, 6) is -1.59. The quantitative estimate of drug-likeness (QED) is 0.521. The highest BCUT2D eigenvalue weighted by atomic mass is 35.5. The van der Waals surface area contributed by atoms with Crippen LogP contribution in [0.5, 0.6) is 0 Å². The van der Waals surface area contributed by atoms with Gasteiger partial charge in [0, 0.05) is 0 Å². The predicted molar refractivity (Wildman–Crippen MR) is 39.0 cm³/mol. The van der Waals surface area contributed by atoms with Gasteiger partial charge in [0.25, 0.3) is 0 Å². The highest BCUT2D eigenvalue weighted by Crippen LogP contribution is 1.98. The minimum absolute atomic E-state index is 0. The SMILES string of the molecule is Cl.Fc1ccc[c]([Al])c1F. The Bertz CT molecular complexity index is 207. The van der Waals surface area contributed by atoms with Crippen LogP contribution in [-0.2, 0) is 0 Å². The molecule has 1 aromatic carbocycles. The lowest BCUT2D eigenvalue weighted by Crippen LogP contribution is -2.09. The van der Waals surface area contributed by atoms with Gasteiger partial charge >= 0.3 is 0 Å². The van der Waals surface area contributed by atoms with Gasteiger partial charge in [-0.05, 0) is 6.07 Å². The van der Waals surface area contributed by atoms with Crippen LogP contribution in [0.1, 0.15) is 0 Å². The van der Waals surface area contributed by atoms with Crippen LogP contribution in [0.4, 0.5) is 8.78 Å². The topological polar surface area (TPSA) is 0 Å². The van der Waals surface area contributed by atoms with E-state index in [1.54, 1.807) is 0 Å². The van der Waals surface area contributed by atoms with Crippen LogP contribution < -0.4 is 4.43 Å². The van der Waals surface area contributed by atoms with Crippen molar-refractivity contribution >= 4 is 33.1 Å². The van der Waals surface area contributed by atoms with E-state index >= 15 is 0 Å². The van der Waals surface area contributed by atoms with Crippen molar-refractivity contribution in [2.75, 3.05) is 0 Å². The van der Waals surface area contributed by atoms with Gasteiger partial charge in [0.1, 0.15) is 5.82 Å². The number of halogens is 3. The van der Waals surface area contributed by atoms with Crippen LogP contribution in [0.15, 0.2) is 18.2 Å².